The second-order valence-electron chi connectivity index (χ2n) is 5.06. The number of nitrogens with one attached hydrogen (secondary N) is 1. The average Bonchev–Trinajstić information content (AvgIpc) is 2.85. The van der Waals surface area contributed by atoms with E-state index in [-0.39, 0.29) is 0 Å². The van der Waals surface area contributed by atoms with E-state index in [0.29, 0.717) is 0 Å². The minimum atomic E-state index is 0.886. The van der Waals surface area contributed by atoms with Crippen LogP contribution in [-0.4, -0.2) is 26.1 Å². The Morgan fingerprint density at radius 2 is 2.05 bits per heavy atom. The molecule has 0 radical (unpaired) electrons. The second kappa shape index (κ2) is 6.02. The first kappa shape index (κ1) is 13.8. The number of nitrogens with zero attached hydrogens (tertiary/aromatic N) is 4. The van der Waals surface area contributed by atoms with Gasteiger partial charge in [0.2, 0.25) is 0 Å². The van der Waals surface area contributed by atoms with E-state index in [1.54, 1.807) is 0 Å². The van der Waals surface area contributed by atoms with Gasteiger partial charge in [0.25, 0.3) is 0 Å². The summed E-state index contributed by atoms with van der Waals surface area (Å²) >= 11 is 0. The van der Waals surface area contributed by atoms with Crippen LogP contribution in [0.4, 0.5) is 0 Å². The Morgan fingerprint density at radius 3 is 2.63 bits per heavy atom. The topological polar surface area (TPSA) is 47.7 Å². The van der Waals surface area contributed by atoms with Gasteiger partial charge in [-0.15, -0.1) is 0 Å². The van der Waals surface area contributed by atoms with E-state index in [1.165, 1.54) is 17.0 Å². The lowest BCUT2D eigenvalue weighted by Crippen LogP contribution is -2.17. The van der Waals surface area contributed by atoms with Gasteiger partial charge in [0.1, 0.15) is 0 Å². The monoisotopic (exact) mass is 261 g/mol. The number of aryl methyl sites for hydroxylation is 4. The summed E-state index contributed by atoms with van der Waals surface area (Å²) in [6.45, 7) is 9.08. The van der Waals surface area contributed by atoms with Gasteiger partial charge < -0.3 is 5.32 Å². The van der Waals surface area contributed by atoms with Crippen molar-refractivity contribution in [3.63, 3.8) is 0 Å². The zero-order valence-corrected chi connectivity index (χ0v) is 12.3. The Bertz CT molecular complexity index is 534. The van der Waals surface area contributed by atoms with Crippen molar-refractivity contribution in [3.8, 4) is 0 Å². The Kier molecular flexibility index (Phi) is 4.37. The summed E-state index contributed by atoms with van der Waals surface area (Å²) in [7, 11) is 1.97. The quantitative estimate of drug-likeness (QED) is 0.806. The van der Waals surface area contributed by atoms with Crippen molar-refractivity contribution in [2.75, 3.05) is 6.54 Å². The van der Waals surface area contributed by atoms with E-state index < -0.39 is 0 Å². The first-order valence-corrected chi connectivity index (χ1v) is 6.77. The Hall–Kier alpha value is -1.62. The van der Waals surface area contributed by atoms with Crippen LogP contribution in [0, 0.1) is 20.8 Å². The van der Waals surface area contributed by atoms with Gasteiger partial charge in [-0.2, -0.15) is 10.2 Å². The summed E-state index contributed by atoms with van der Waals surface area (Å²) in [5, 5.41) is 12.2. The maximum Gasteiger partial charge on any atom is 0.0596 e. The lowest BCUT2D eigenvalue weighted by molar-refractivity contribution is 0.531. The minimum absolute atomic E-state index is 0.886. The standard InChI is InChI=1S/C14H23N5/c1-11-8-12(2)19(17-11)7-5-6-15-9-14-10-16-18(4)13(14)3/h8,10,15H,5-7,9H2,1-4H3. The minimum Gasteiger partial charge on any atom is -0.312 e. The summed E-state index contributed by atoms with van der Waals surface area (Å²) in [5.41, 5.74) is 4.83. The van der Waals surface area contributed by atoms with Crippen LogP contribution in [0.5, 0.6) is 0 Å². The molecule has 0 atom stereocenters. The molecule has 2 heterocycles. The van der Waals surface area contributed by atoms with Crippen molar-refractivity contribution in [1.82, 2.24) is 24.9 Å². The molecule has 0 aliphatic heterocycles. The van der Waals surface area contributed by atoms with Crippen LogP contribution in [-0.2, 0) is 20.1 Å². The number of aromatic nitrogens is 4. The maximum atomic E-state index is 4.46. The van der Waals surface area contributed by atoms with Crippen LogP contribution in [0.2, 0.25) is 0 Å². The molecule has 2 aromatic rings. The van der Waals surface area contributed by atoms with Gasteiger partial charge in [0.15, 0.2) is 0 Å². The van der Waals surface area contributed by atoms with Gasteiger partial charge in [0.05, 0.1) is 11.9 Å². The van der Waals surface area contributed by atoms with E-state index in [1.807, 2.05) is 24.9 Å². The van der Waals surface area contributed by atoms with Gasteiger partial charge >= 0.3 is 0 Å². The van der Waals surface area contributed by atoms with E-state index >= 15 is 0 Å². The lowest BCUT2D eigenvalue weighted by Gasteiger charge is -2.06. The Morgan fingerprint density at radius 1 is 1.26 bits per heavy atom. The number of hydrogen-bond donors (Lipinski definition) is 1. The smallest absolute Gasteiger partial charge is 0.0596 e. The number of hydrogen-bond acceptors (Lipinski definition) is 3. The molecule has 0 amide bonds. The molecule has 5 nitrogen and oxygen atoms in total. The average molecular weight is 261 g/mol. The summed E-state index contributed by atoms with van der Waals surface area (Å²) in [5.74, 6) is 0. The third kappa shape index (κ3) is 3.44. The van der Waals surface area contributed by atoms with Gasteiger partial charge in [-0.05, 0) is 39.8 Å². The predicted octanol–water partition coefficient (Wildman–Crippen LogP) is 1.72. The molecule has 0 spiro atoms. The zero-order chi connectivity index (χ0) is 13.8. The summed E-state index contributed by atoms with van der Waals surface area (Å²) in [4.78, 5) is 0. The molecule has 2 rings (SSSR count). The molecule has 2 aromatic heterocycles. The lowest BCUT2D eigenvalue weighted by atomic mass is 10.2. The first-order chi connectivity index (χ1) is 9.08. The summed E-state index contributed by atoms with van der Waals surface area (Å²) < 4.78 is 3.99. The molecule has 5 heteroatoms. The molecule has 0 bridgehead atoms. The van der Waals surface area contributed by atoms with Crippen LogP contribution in [0.3, 0.4) is 0 Å². The molecule has 1 N–H and O–H groups in total. The molecule has 0 unspecified atom stereocenters. The normalized spacial score (nSPS) is 11.2. The third-order valence-corrected chi connectivity index (χ3v) is 3.48. The predicted molar refractivity (Wildman–Crippen MR) is 76.0 cm³/mol. The molecule has 0 saturated heterocycles. The fourth-order valence-electron chi connectivity index (χ4n) is 2.20. The van der Waals surface area contributed by atoms with E-state index in [9.17, 15) is 0 Å². The molecule has 0 aliphatic rings. The Labute approximate surface area is 114 Å². The van der Waals surface area contributed by atoms with Gasteiger partial charge in [-0.3, -0.25) is 9.36 Å². The fraction of sp³-hybridized carbons (Fsp3) is 0.571. The maximum absolute atomic E-state index is 4.46. The third-order valence-electron chi connectivity index (χ3n) is 3.48. The van der Waals surface area contributed by atoms with Crippen molar-refractivity contribution in [2.45, 2.75) is 40.3 Å². The molecule has 0 fully saturated rings. The molecule has 0 saturated carbocycles. The highest BCUT2D eigenvalue weighted by molar-refractivity contribution is 5.15. The van der Waals surface area contributed by atoms with E-state index in [4.69, 9.17) is 0 Å². The molecule has 104 valence electrons. The van der Waals surface area contributed by atoms with Crippen LogP contribution in [0.25, 0.3) is 0 Å². The van der Waals surface area contributed by atoms with Crippen molar-refractivity contribution in [2.24, 2.45) is 7.05 Å². The van der Waals surface area contributed by atoms with Crippen molar-refractivity contribution >= 4 is 0 Å². The summed E-state index contributed by atoms with van der Waals surface area (Å²) in [6, 6.07) is 2.12. The highest BCUT2D eigenvalue weighted by Crippen LogP contribution is 2.05. The van der Waals surface area contributed by atoms with E-state index in [2.05, 4.69) is 40.1 Å². The van der Waals surface area contributed by atoms with Gasteiger partial charge in [-0.1, -0.05) is 0 Å². The zero-order valence-electron chi connectivity index (χ0n) is 12.3. The van der Waals surface area contributed by atoms with E-state index in [0.717, 1.165) is 31.7 Å². The first-order valence-electron chi connectivity index (χ1n) is 6.77. The largest absolute Gasteiger partial charge is 0.312 e. The fourth-order valence-corrected chi connectivity index (χ4v) is 2.20. The van der Waals surface area contributed by atoms with Crippen molar-refractivity contribution in [3.05, 3.63) is 34.9 Å². The molecule has 19 heavy (non-hydrogen) atoms. The van der Waals surface area contributed by atoms with Crippen molar-refractivity contribution < 1.29 is 0 Å². The number of rotatable bonds is 6. The SMILES string of the molecule is Cc1cc(C)n(CCCNCc2cnn(C)c2C)n1. The highest BCUT2D eigenvalue weighted by Gasteiger charge is 2.03. The van der Waals surface area contributed by atoms with Crippen LogP contribution < -0.4 is 5.32 Å². The highest BCUT2D eigenvalue weighted by atomic mass is 15.3. The van der Waals surface area contributed by atoms with Crippen LogP contribution in [0.15, 0.2) is 12.3 Å². The molecular weight excluding hydrogens is 238 g/mol. The second-order valence-corrected chi connectivity index (χ2v) is 5.06. The Balaban J connectivity index is 1.70. The van der Waals surface area contributed by atoms with Gasteiger partial charge in [-0.25, -0.2) is 0 Å². The molecule has 0 aliphatic carbocycles. The van der Waals surface area contributed by atoms with Gasteiger partial charge in [0, 0.05) is 37.1 Å². The summed E-state index contributed by atoms with van der Waals surface area (Å²) in [6.07, 6.45) is 3.02. The van der Waals surface area contributed by atoms with Crippen LogP contribution >= 0.6 is 0 Å². The molecule has 0 aromatic carbocycles. The van der Waals surface area contributed by atoms with Crippen LogP contribution in [0.1, 0.15) is 29.1 Å². The molecular formula is C14H23N5. The van der Waals surface area contributed by atoms with Crippen molar-refractivity contribution in [1.29, 1.82) is 0 Å².